The molecular weight excluding hydrogens is 290 g/mol. The zero-order chi connectivity index (χ0) is 16.9. The van der Waals surface area contributed by atoms with E-state index in [1.807, 2.05) is 0 Å². The van der Waals surface area contributed by atoms with Gasteiger partial charge in [0.25, 0.3) is 0 Å². The Morgan fingerprint density at radius 2 is 1.35 bits per heavy atom. The van der Waals surface area contributed by atoms with Crippen molar-refractivity contribution in [3.05, 3.63) is 83.4 Å². The van der Waals surface area contributed by atoms with E-state index >= 15 is 0 Å². The lowest BCUT2D eigenvalue weighted by Crippen LogP contribution is -2.52. The van der Waals surface area contributed by atoms with Gasteiger partial charge in [0, 0.05) is 6.08 Å². The van der Waals surface area contributed by atoms with E-state index in [1.54, 1.807) is 74.5 Å². The molecule has 0 spiro atoms. The minimum absolute atomic E-state index is 0.444. The number of hydrogen-bond acceptors (Lipinski definition) is 2. The Morgan fingerprint density at radius 3 is 1.70 bits per heavy atom. The van der Waals surface area contributed by atoms with Crippen LogP contribution in [0.3, 0.4) is 0 Å². The van der Waals surface area contributed by atoms with Crippen LogP contribution in [-0.2, 0) is 15.1 Å². The number of carbonyl (C=O) groups is 2. The molecule has 2 rings (SSSR count). The molecule has 1 amide bonds. The number of allylic oxidation sites excluding steroid dienone is 1. The van der Waals surface area contributed by atoms with Gasteiger partial charge < -0.3 is 10.4 Å². The van der Waals surface area contributed by atoms with E-state index in [0.717, 1.165) is 5.57 Å². The maximum absolute atomic E-state index is 12.3. The normalized spacial score (nSPS) is 10.7. The van der Waals surface area contributed by atoms with E-state index in [2.05, 4.69) is 5.32 Å². The molecule has 0 radical (unpaired) electrons. The quantitative estimate of drug-likeness (QED) is 0.834. The Kier molecular flexibility index (Phi) is 4.96. The second-order valence-electron chi connectivity index (χ2n) is 5.50. The predicted octanol–water partition coefficient (Wildman–Crippen LogP) is 3.10. The first-order chi connectivity index (χ1) is 11.0. The molecule has 0 aliphatic rings. The van der Waals surface area contributed by atoms with Gasteiger partial charge in [-0.1, -0.05) is 66.2 Å². The standard InChI is InChI=1S/C19H19NO3/c1-14(2)13-17(21)20-19(18(22)23,15-9-5-3-6-10-15)16-11-7-4-8-12-16/h3-13H,1-2H3,(H,20,21)(H,22,23). The number of rotatable bonds is 5. The van der Waals surface area contributed by atoms with Crippen molar-refractivity contribution in [1.29, 1.82) is 0 Å². The Labute approximate surface area is 135 Å². The lowest BCUT2D eigenvalue weighted by molar-refractivity contribution is -0.145. The molecule has 118 valence electrons. The molecule has 4 nitrogen and oxygen atoms in total. The summed E-state index contributed by atoms with van der Waals surface area (Å²) in [6, 6.07) is 17.4. The van der Waals surface area contributed by atoms with Gasteiger partial charge in [-0.2, -0.15) is 0 Å². The molecule has 0 unspecified atom stereocenters. The lowest BCUT2D eigenvalue weighted by Gasteiger charge is -2.31. The molecule has 2 N–H and O–H groups in total. The number of hydrogen-bond donors (Lipinski definition) is 2. The number of carboxylic acid groups (broad SMARTS) is 1. The second-order valence-corrected chi connectivity index (χ2v) is 5.50. The van der Waals surface area contributed by atoms with Gasteiger partial charge >= 0.3 is 5.97 Å². The van der Waals surface area contributed by atoms with Crippen LogP contribution in [0.15, 0.2) is 72.3 Å². The topological polar surface area (TPSA) is 66.4 Å². The summed E-state index contributed by atoms with van der Waals surface area (Å²) in [6.45, 7) is 3.57. The molecular formula is C19H19NO3. The molecule has 2 aromatic carbocycles. The molecule has 4 heteroatoms. The summed E-state index contributed by atoms with van der Waals surface area (Å²) < 4.78 is 0. The SMILES string of the molecule is CC(C)=CC(=O)NC(C(=O)O)(c1ccccc1)c1ccccc1. The lowest BCUT2D eigenvalue weighted by atomic mass is 9.82. The minimum Gasteiger partial charge on any atom is -0.479 e. The maximum atomic E-state index is 12.3. The van der Waals surface area contributed by atoms with Crippen molar-refractivity contribution in [3.63, 3.8) is 0 Å². The van der Waals surface area contributed by atoms with Crippen LogP contribution in [0, 0.1) is 0 Å². The molecule has 0 heterocycles. The minimum atomic E-state index is -1.63. The summed E-state index contributed by atoms with van der Waals surface area (Å²) in [5.41, 5.74) is 0.150. The molecule has 0 aliphatic heterocycles. The molecule has 0 saturated carbocycles. The fourth-order valence-corrected chi connectivity index (χ4v) is 2.47. The number of nitrogens with one attached hydrogen (secondary N) is 1. The van der Waals surface area contributed by atoms with Gasteiger partial charge in [0.15, 0.2) is 5.54 Å². The van der Waals surface area contributed by atoms with Crippen molar-refractivity contribution in [2.45, 2.75) is 19.4 Å². The monoisotopic (exact) mass is 309 g/mol. The number of carbonyl (C=O) groups excluding carboxylic acids is 1. The van der Waals surface area contributed by atoms with Crippen LogP contribution in [0.2, 0.25) is 0 Å². The molecule has 0 aliphatic carbocycles. The smallest absolute Gasteiger partial charge is 0.338 e. The Balaban J connectivity index is 2.64. The van der Waals surface area contributed by atoms with Crippen LogP contribution in [0.25, 0.3) is 0 Å². The molecule has 0 aromatic heterocycles. The molecule has 0 saturated heterocycles. The van der Waals surface area contributed by atoms with E-state index in [-0.39, 0.29) is 0 Å². The highest BCUT2D eigenvalue weighted by Gasteiger charge is 2.43. The predicted molar refractivity (Wildman–Crippen MR) is 88.9 cm³/mol. The van der Waals surface area contributed by atoms with Gasteiger partial charge in [-0.3, -0.25) is 4.79 Å². The fraction of sp³-hybridized carbons (Fsp3) is 0.158. The van der Waals surface area contributed by atoms with Gasteiger partial charge in [0.1, 0.15) is 0 Å². The van der Waals surface area contributed by atoms with Gasteiger partial charge in [-0.15, -0.1) is 0 Å². The van der Waals surface area contributed by atoms with Crippen LogP contribution in [0.5, 0.6) is 0 Å². The summed E-state index contributed by atoms with van der Waals surface area (Å²) in [5, 5.41) is 12.7. The van der Waals surface area contributed by atoms with E-state index in [4.69, 9.17) is 0 Å². The Hall–Kier alpha value is -2.88. The van der Waals surface area contributed by atoms with Crippen molar-refractivity contribution in [1.82, 2.24) is 5.32 Å². The zero-order valence-corrected chi connectivity index (χ0v) is 13.1. The van der Waals surface area contributed by atoms with Crippen LogP contribution >= 0.6 is 0 Å². The van der Waals surface area contributed by atoms with Crippen molar-refractivity contribution in [2.75, 3.05) is 0 Å². The molecule has 2 aromatic rings. The summed E-state index contributed by atoms with van der Waals surface area (Å²) in [4.78, 5) is 24.5. The van der Waals surface area contributed by atoms with Crippen molar-refractivity contribution >= 4 is 11.9 Å². The highest BCUT2D eigenvalue weighted by atomic mass is 16.4. The third kappa shape index (κ3) is 3.48. The third-order valence-electron chi connectivity index (χ3n) is 3.46. The van der Waals surface area contributed by atoms with Crippen molar-refractivity contribution in [3.8, 4) is 0 Å². The van der Waals surface area contributed by atoms with Crippen LogP contribution < -0.4 is 5.32 Å². The molecule has 0 atom stereocenters. The first-order valence-electron chi connectivity index (χ1n) is 7.28. The fourth-order valence-electron chi connectivity index (χ4n) is 2.47. The van der Waals surface area contributed by atoms with Gasteiger partial charge in [0.05, 0.1) is 0 Å². The third-order valence-corrected chi connectivity index (χ3v) is 3.46. The number of benzene rings is 2. The summed E-state index contributed by atoms with van der Waals surface area (Å²) in [7, 11) is 0. The van der Waals surface area contributed by atoms with E-state index in [1.165, 1.54) is 6.08 Å². The molecule has 0 bridgehead atoms. The first-order valence-corrected chi connectivity index (χ1v) is 7.28. The summed E-state index contributed by atoms with van der Waals surface area (Å²) >= 11 is 0. The largest absolute Gasteiger partial charge is 0.479 e. The van der Waals surface area contributed by atoms with E-state index in [9.17, 15) is 14.7 Å². The first kappa shape index (κ1) is 16.5. The maximum Gasteiger partial charge on any atom is 0.338 e. The van der Waals surface area contributed by atoms with Gasteiger partial charge in [-0.05, 0) is 25.0 Å². The van der Waals surface area contributed by atoms with Crippen molar-refractivity contribution in [2.24, 2.45) is 0 Å². The van der Waals surface area contributed by atoms with Crippen LogP contribution in [0.1, 0.15) is 25.0 Å². The second kappa shape index (κ2) is 6.92. The molecule has 0 fully saturated rings. The number of carboxylic acids is 1. The van der Waals surface area contributed by atoms with E-state index < -0.39 is 17.4 Å². The van der Waals surface area contributed by atoms with E-state index in [0.29, 0.717) is 11.1 Å². The highest BCUT2D eigenvalue weighted by molar-refractivity contribution is 5.96. The number of amides is 1. The van der Waals surface area contributed by atoms with Gasteiger partial charge in [0.2, 0.25) is 5.91 Å². The summed E-state index contributed by atoms with van der Waals surface area (Å²) in [6.07, 6.45) is 1.39. The molecule has 23 heavy (non-hydrogen) atoms. The average molecular weight is 309 g/mol. The average Bonchev–Trinajstić information content (AvgIpc) is 2.53. The van der Waals surface area contributed by atoms with Crippen molar-refractivity contribution < 1.29 is 14.7 Å². The zero-order valence-electron chi connectivity index (χ0n) is 13.1. The Bertz CT molecular complexity index is 677. The highest BCUT2D eigenvalue weighted by Crippen LogP contribution is 2.30. The van der Waals surface area contributed by atoms with Crippen LogP contribution in [0.4, 0.5) is 0 Å². The summed E-state index contributed by atoms with van der Waals surface area (Å²) in [5.74, 6) is -1.58. The van der Waals surface area contributed by atoms with Crippen LogP contribution in [-0.4, -0.2) is 17.0 Å². The number of aliphatic carboxylic acids is 1. The Morgan fingerprint density at radius 1 is 0.913 bits per heavy atom. The van der Waals surface area contributed by atoms with Gasteiger partial charge in [-0.25, -0.2) is 4.79 Å².